The second-order valence-electron chi connectivity index (χ2n) is 2.20. The van der Waals surface area contributed by atoms with Gasteiger partial charge in [-0.2, -0.15) is 0 Å². The maximum absolute atomic E-state index is 10.6. The first kappa shape index (κ1) is 6.26. The number of rotatable bonds is 0. The summed E-state index contributed by atoms with van der Waals surface area (Å²) in [6.45, 7) is 0. The summed E-state index contributed by atoms with van der Waals surface area (Å²) in [6, 6.07) is 0. The summed E-state index contributed by atoms with van der Waals surface area (Å²) in [5.41, 5.74) is 0.759. The maximum Gasteiger partial charge on any atom is 0.133 e. The third-order valence-corrected chi connectivity index (χ3v) is 1.53. The molecule has 1 fully saturated rings. The van der Waals surface area contributed by atoms with E-state index >= 15 is 0 Å². The van der Waals surface area contributed by atoms with E-state index in [1.54, 1.807) is 0 Å². The second kappa shape index (κ2) is 2.62. The fourth-order valence-electron chi connectivity index (χ4n) is 0.917. The lowest BCUT2D eigenvalue weighted by Gasteiger charge is -2.08. The molecule has 3 nitrogen and oxygen atoms in total. The van der Waals surface area contributed by atoms with Crippen molar-refractivity contribution in [2.75, 3.05) is 0 Å². The van der Waals surface area contributed by atoms with Gasteiger partial charge in [-0.3, -0.25) is 4.79 Å². The van der Waals surface area contributed by atoms with E-state index in [0.717, 1.165) is 5.71 Å². The van der Waals surface area contributed by atoms with Gasteiger partial charge in [0.25, 0.3) is 0 Å². The summed E-state index contributed by atoms with van der Waals surface area (Å²) in [5.74, 6) is 0.280. The van der Waals surface area contributed by atoms with E-state index in [1.807, 2.05) is 0 Å². The fraction of sp³-hybridized carbons (Fsp3) is 0.667. The van der Waals surface area contributed by atoms with E-state index in [0.29, 0.717) is 25.7 Å². The van der Waals surface area contributed by atoms with Gasteiger partial charge in [-0.1, -0.05) is 5.16 Å². The Morgan fingerprint density at radius 2 is 1.78 bits per heavy atom. The number of nitrogens with zero attached hydrogens (tertiary/aromatic N) is 1. The van der Waals surface area contributed by atoms with Crippen molar-refractivity contribution in [2.45, 2.75) is 25.7 Å². The lowest BCUT2D eigenvalue weighted by Crippen LogP contribution is -2.12. The van der Waals surface area contributed by atoms with Crippen LogP contribution in [0.1, 0.15) is 25.7 Å². The molecule has 0 atom stereocenters. The molecule has 0 aromatic carbocycles. The maximum atomic E-state index is 10.6. The van der Waals surface area contributed by atoms with Crippen LogP contribution < -0.4 is 0 Å². The Kier molecular flexibility index (Phi) is 1.82. The molecular formula is C6H9NO2. The number of ketones is 1. The first-order valence-corrected chi connectivity index (χ1v) is 3.04. The van der Waals surface area contributed by atoms with Gasteiger partial charge in [0, 0.05) is 12.8 Å². The number of hydrogen-bond donors (Lipinski definition) is 1. The van der Waals surface area contributed by atoms with E-state index in [2.05, 4.69) is 5.16 Å². The molecule has 0 spiro atoms. The van der Waals surface area contributed by atoms with Crippen LogP contribution >= 0.6 is 0 Å². The van der Waals surface area contributed by atoms with Crippen LogP contribution in [0.3, 0.4) is 0 Å². The molecule has 9 heavy (non-hydrogen) atoms. The van der Waals surface area contributed by atoms with Gasteiger partial charge in [-0.05, 0) is 12.8 Å². The minimum absolute atomic E-state index is 0.280. The van der Waals surface area contributed by atoms with Gasteiger partial charge >= 0.3 is 0 Å². The fourth-order valence-corrected chi connectivity index (χ4v) is 0.917. The number of hydrogen-bond acceptors (Lipinski definition) is 3. The van der Waals surface area contributed by atoms with Crippen molar-refractivity contribution < 1.29 is 10.0 Å². The molecule has 0 aliphatic heterocycles. The van der Waals surface area contributed by atoms with E-state index in [1.165, 1.54) is 0 Å². The molecule has 3 heteroatoms. The second-order valence-corrected chi connectivity index (χ2v) is 2.20. The molecule has 0 aromatic rings. The van der Waals surface area contributed by atoms with Crippen LogP contribution in [0.5, 0.6) is 0 Å². The van der Waals surface area contributed by atoms with Crippen molar-refractivity contribution in [2.24, 2.45) is 5.16 Å². The lowest BCUT2D eigenvalue weighted by atomic mass is 9.98. The molecule has 0 heterocycles. The van der Waals surface area contributed by atoms with Crippen molar-refractivity contribution in [1.29, 1.82) is 0 Å². The van der Waals surface area contributed by atoms with Crippen molar-refractivity contribution in [3.05, 3.63) is 0 Å². The summed E-state index contributed by atoms with van der Waals surface area (Å²) >= 11 is 0. The lowest BCUT2D eigenvalue weighted by molar-refractivity contribution is -0.119. The Hall–Kier alpha value is -0.860. The average Bonchev–Trinajstić information content (AvgIpc) is 1.90. The molecule has 0 aromatic heterocycles. The van der Waals surface area contributed by atoms with Gasteiger partial charge < -0.3 is 5.21 Å². The Labute approximate surface area is 53.4 Å². The zero-order valence-corrected chi connectivity index (χ0v) is 5.13. The largest absolute Gasteiger partial charge is 0.411 e. The molecule has 1 saturated carbocycles. The average molecular weight is 127 g/mol. The quantitative estimate of drug-likeness (QED) is 0.389. The number of carbonyl (C=O) groups is 1. The highest BCUT2D eigenvalue weighted by molar-refractivity contribution is 5.95. The van der Waals surface area contributed by atoms with Crippen LogP contribution in [0.4, 0.5) is 0 Å². The Morgan fingerprint density at radius 1 is 1.22 bits per heavy atom. The summed E-state index contributed by atoms with van der Waals surface area (Å²) in [7, 11) is 0. The van der Waals surface area contributed by atoms with Crippen molar-refractivity contribution in [1.82, 2.24) is 0 Å². The standard InChI is InChI=1S/C6H9NO2/c8-6-3-1-5(7-9)2-4-6/h9H,1-4H2. The molecule has 0 bridgehead atoms. The van der Waals surface area contributed by atoms with Gasteiger partial charge in [-0.25, -0.2) is 0 Å². The summed E-state index contributed by atoms with van der Waals surface area (Å²) in [6.07, 6.45) is 2.41. The van der Waals surface area contributed by atoms with Crippen LogP contribution in [-0.4, -0.2) is 16.7 Å². The Morgan fingerprint density at radius 3 is 2.22 bits per heavy atom. The molecule has 0 radical (unpaired) electrons. The van der Waals surface area contributed by atoms with Crippen LogP contribution in [0, 0.1) is 0 Å². The van der Waals surface area contributed by atoms with Gasteiger partial charge in [0.1, 0.15) is 5.78 Å². The topological polar surface area (TPSA) is 49.7 Å². The Bertz CT molecular complexity index is 139. The van der Waals surface area contributed by atoms with E-state index in [4.69, 9.17) is 5.21 Å². The summed E-state index contributed by atoms with van der Waals surface area (Å²) in [4.78, 5) is 10.6. The highest BCUT2D eigenvalue weighted by Gasteiger charge is 2.13. The van der Waals surface area contributed by atoms with Gasteiger partial charge in [0.05, 0.1) is 5.71 Å². The van der Waals surface area contributed by atoms with E-state index < -0.39 is 0 Å². The minimum Gasteiger partial charge on any atom is -0.411 e. The van der Waals surface area contributed by atoms with Gasteiger partial charge in [0.2, 0.25) is 0 Å². The van der Waals surface area contributed by atoms with Crippen molar-refractivity contribution in [3.63, 3.8) is 0 Å². The predicted molar refractivity (Wildman–Crippen MR) is 32.7 cm³/mol. The highest BCUT2D eigenvalue weighted by atomic mass is 16.4. The molecule has 1 N–H and O–H groups in total. The molecule has 0 saturated heterocycles. The highest BCUT2D eigenvalue weighted by Crippen LogP contribution is 2.10. The normalized spacial score (nSPS) is 20.0. The van der Waals surface area contributed by atoms with Gasteiger partial charge in [0.15, 0.2) is 0 Å². The monoisotopic (exact) mass is 127 g/mol. The summed E-state index contributed by atoms with van der Waals surface area (Å²) < 4.78 is 0. The molecule has 1 aliphatic rings. The molecular weight excluding hydrogens is 118 g/mol. The number of carbonyl (C=O) groups excluding carboxylic acids is 1. The van der Waals surface area contributed by atoms with Gasteiger partial charge in [-0.15, -0.1) is 0 Å². The van der Waals surface area contributed by atoms with Crippen molar-refractivity contribution >= 4 is 11.5 Å². The third kappa shape index (κ3) is 1.52. The van der Waals surface area contributed by atoms with E-state index in [-0.39, 0.29) is 5.78 Å². The van der Waals surface area contributed by atoms with Crippen LogP contribution in [0.25, 0.3) is 0 Å². The molecule has 0 unspecified atom stereocenters. The zero-order chi connectivity index (χ0) is 6.69. The third-order valence-electron chi connectivity index (χ3n) is 1.53. The zero-order valence-electron chi connectivity index (χ0n) is 5.13. The molecule has 1 rings (SSSR count). The number of oxime groups is 1. The van der Waals surface area contributed by atoms with Crippen LogP contribution in [-0.2, 0) is 4.79 Å². The smallest absolute Gasteiger partial charge is 0.133 e. The first-order valence-electron chi connectivity index (χ1n) is 3.04. The molecule has 1 aliphatic carbocycles. The SMILES string of the molecule is O=C1CCC(=NO)CC1. The molecule has 50 valence electrons. The van der Waals surface area contributed by atoms with E-state index in [9.17, 15) is 4.79 Å². The first-order chi connectivity index (χ1) is 4.33. The van der Waals surface area contributed by atoms with Crippen LogP contribution in [0.2, 0.25) is 0 Å². The van der Waals surface area contributed by atoms with Crippen molar-refractivity contribution in [3.8, 4) is 0 Å². The van der Waals surface area contributed by atoms with Crippen LogP contribution in [0.15, 0.2) is 5.16 Å². The number of Topliss-reactive ketones (excluding diaryl/α,β-unsaturated/α-hetero) is 1. The molecule has 0 amide bonds. The summed E-state index contributed by atoms with van der Waals surface area (Å²) in [5, 5.41) is 11.3. The minimum atomic E-state index is 0.280. The predicted octanol–water partition coefficient (Wildman–Crippen LogP) is 0.960. The Balaban J connectivity index is 2.44.